The van der Waals surface area contributed by atoms with Gasteiger partial charge in [0, 0.05) is 27.7 Å². The molecule has 0 aliphatic carbocycles. The lowest BCUT2D eigenvalue weighted by Crippen LogP contribution is -2.58. The lowest BCUT2D eigenvalue weighted by molar-refractivity contribution is -0.480. The van der Waals surface area contributed by atoms with Crippen LogP contribution in [-0.4, -0.2) is 26.2 Å². The van der Waals surface area contributed by atoms with E-state index in [-0.39, 0.29) is 39.7 Å². The highest BCUT2D eigenvalue weighted by molar-refractivity contribution is 5.73. The van der Waals surface area contributed by atoms with Gasteiger partial charge >= 0.3 is 5.97 Å². The Bertz CT molecular complexity index is 1430. The first-order valence-electron chi connectivity index (χ1n) is 13.3. The van der Waals surface area contributed by atoms with Crippen molar-refractivity contribution in [3.63, 3.8) is 0 Å². The summed E-state index contributed by atoms with van der Waals surface area (Å²) in [6, 6.07) is 10.6. The van der Waals surface area contributed by atoms with Gasteiger partial charge in [-0.1, -0.05) is 55.8 Å². The van der Waals surface area contributed by atoms with Crippen molar-refractivity contribution in [1.82, 2.24) is 0 Å². The van der Waals surface area contributed by atoms with Crippen LogP contribution in [0.1, 0.15) is 42.0 Å². The van der Waals surface area contributed by atoms with Crippen LogP contribution in [0.5, 0.6) is 0 Å². The Kier molecular flexibility index (Phi) is 8.40. The zero-order valence-electron chi connectivity index (χ0n) is 22.2. The third-order valence-corrected chi connectivity index (χ3v) is 7.34. The summed E-state index contributed by atoms with van der Waals surface area (Å²) in [5, 5.41) is 0. The Hall–Kier alpha value is -3.40. The Morgan fingerprint density at radius 1 is 0.805 bits per heavy atom. The molecule has 3 heterocycles. The number of halogens is 6. The van der Waals surface area contributed by atoms with Crippen LogP contribution in [0.4, 0.5) is 26.3 Å². The Morgan fingerprint density at radius 2 is 1.49 bits per heavy atom. The number of allylic oxidation sites excluding steroid dienone is 2. The molecule has 9 heteroatoms. The fourth-order valence-corrected chi connectivity index (χ4v) is 5.15. The molecule has 41 heavy (non-hydrogen) atoms. The predicted octanol–water partition coefficient (Wildman–Crippen LogP) is 8.42. The van der Waals surface area contributed by atoms with Gasteiger partial charge in [-0.2, -0.15) is 0 Å². The van der Waals surface area contributed by atoms with Crippen molar-refractivity contribution in [3.8, 4) is 11.1 Å². The number of alkyl halides is 2. The zero-order valence-corrected chi connectivity index (χ0v) is 22.2. The van der Waals surface area contributed by atoms with Crippen LogP contribution >= 0.6 is 0 Å². The van der Waals surface area contributed by atoms with E-state index in [9.17, 15) is 22.0 Å². The molecule has 3 aromatic rings. The lowest BCUT2D eigenvalue weighted by atomic mass is 9.83. The SMILES string of the molecule is CCCC12COC(c3ccc(-c4ccc(/C=C/c5cc(F)c(C/C=C/C(F)F)c(F)c5)c(F)c4)c(F)c3)(OC1)OC2. The van der Waals surface area contributed by atoms with E-state index in [4.69, 9.17) is 14.2 Å². The monoisotopic (exact) mass is 574 g/mol. The van der Waals surface area contributed by atoms with Crippen molar-refractivity contribution in [1.29, 1.82) is 0 Å². The summed E-state index contributed by atoms with van der Waals surface area (Å²) in [7, 11) is 0. The number of rotatable bonds is 9. The first kappa shape index (κ1) is 29.1. The van der Waals surface area contributed by atoms with Crippen molar-refractivity contribution >= 4 is 12.2 Å². The van der Waals surface area contributed by atoms with E-state index >= 15 is 4.39 Å². The van der Waals surface area contributed by atoms with Gasteiger partial charge in [0.1, 0.15) is 23.3 Å². The van der Waals surface area contributed by atoms with Crippen LogP contribution in [0.15, 0.2) is 60.7 Å². The summed E-state index contributed by atoms with van der Waals surface area (Å²) >= 11 is 0. The highest BCUT2D eigenvalue weighted by atomic mass is 19.3. The second-order valence-electron chi connectivity index (χ2n) is 10.4. The van der Waals surface area contributed by atoms with Crippen LogP contribution in [0.2, 0.25) is 0 Å². The summed E-state index contributed by atoms with van der Waals surface area (Å²) in [4.78, 5) is 0. The third-order valence-electron chi connectivity index (χ3n) is 7.34. The van der Waals surface area contributed by atoms with E-state index in [1.54, 1.807) is 6.07 Å². The van der Waals surface area contributed by atoms with Crippen LogP contribution < -0.4 is 0 Å². The quantitative estimate of drug-likeness (QED) is 0.146. The minimum atomic E-state index is -2.71. The van der Waals surface area contributed by atoms with E-state index < -0.39 is 35.7 Å². The maximum absolute atomic E-state index is 15.2. The number of hydrogen-bond acceptors (Lipinski definition) is 3. The molecule has 3 aliphatic rings. The minimum Gasteiger partial charge on any atom is -0.323 e. The second-order valence-corrected chi connectivity index (χ2v) is 10.4. The van der Waals surface area contributed by atoms with Gasteiger partial charge in [-0.05, 0) is 54.3 Å². The highest BCUT2D eigenvalue weighted by Crippen LogP contribution is 2.46. The number of ether oxygens (including phenoxy) is 3. The number of hydrogen-bond donors (Lipinski definition) is 0. The Morgan fingerprint density at radius 3 is 2.07 bits per heavy atom. The number of benzene rings is 3. The normalized spacial score (nSPS) is 22.4. The summed E-state index contributed by atoms with van der Waals surface area (Å²) in [6.45, 7) is 3.43. The molecule has 216 valence electrons. The van der Waals surface area contributed by atoms with E-state index in [1.165, 1.54) is 42.5 Å². The minimum absolute atomic E-state index is 0.115. The van der Waals surface area contributed by atoms with Crippen molar-refractivity contribution in [3.05, 3.63) is 106 Å². The average Bonchev–Trinajstić information content (AvgIpc) is 2.94. The van der Waals surface area contributed by atoms with E-state index in [2.05, 4.69) is 6.92 Å². The molecule has 0 saturated carbocycles. The van der Waals surface area contributed by atoms with E-state index in [0.29, 0.717) is 31.5 Å². The van der Waals surface area contributed by atoms with Gasteiger partial charge in [0.2, 0.25) is 0 Å². The highest BCUT2D eigenvalue weighted by Gasteiger charge is 2.53. The Balaban J connectivity index is 1.30. The summed E-state index contributed by atoms with van der Waals surface area (Å²) in [5.74, 6) is -4.55. The average molecular weight is 575 g/mol. The van der Waals surface area contributed by atoms with Crippen LogP contribution in [0, 0.1) is 28.7 Å². The predicted molar refractivity (Wildman–Crippen MR) is 143 cm³/mol. The van der Waals surface area contributed by atoms with Gasteiger partial charge in [-0.15, -0.1) is 0 Å². The van der Waals surface area contributed by atoms with Gasteiger partial charge in [-0.3, -0.25) is 0 Å². The summed E-state index contributed by atoms with van der Waals surface area (Å²) < 4.78 is 101. The molecule has 6 rings (SSSR count). The summed E-state index contributed by atoms with van der Waals surface area (Å²) in [6.07, 6.45) is 3.02. The molecule has 3 aromatic carbocycles. The first-order valence-corrected chi connectivity index (χ1v) is 13.3. The van der Waals surface area contributed by atoms with Gasteiger partial charge < -0.3 is 14.2 Å². The third kappa shape index (κ3) is 6.12. The molecule has 3 saturated heterocycles. The molecular weight excluding hydrogens is 546 g/mol. The maximum atomic E-state index is 15.2. The summed E-state index contributed by atoms with van der Waals surface area (Å²) in [5.41, 5.74) is 0.524. The fraction of sp³-hybridized carbons (Fsp3) is 0.312. The second kappa shape index (κ2) is 11.8. The van der Waals surface area contributed by atoms with E-state index in [1.807, 2.05) is 0 Å². The van der Waals surface area contributed by atoms with Crippen LogP contribution in [-0.2, 0) is 26.6 Å². The van der Waals surface area contributed by atoms with Crippen molar-refractivity contribution < 1.29 is 40.6 Å². The van der Waals surface area contributed by atoms with Gasteiger partial charge in [0.15, 0.2) is 0 Å². The standard InChI is InChI=1S/C32H28F6O3/c1-2-12-31-17-39-32(40-18-31,41-19-31)23-10-11-24(29(36)16-23)22-9-8-21(26(33)15-22)7-6-20-13-27(34)25(28(35)14-20)4-3-5-30(37)38/h3,5-11,13-16,30H,2,4,12,17-19H2,1H3/b5-3+,7-6+. The molecule has 0 unspecified atom stereocenters. The first-order chi connectivity index (χ1) is 19.6. The van der Waals surface area contributed by atoms with Crippen molar-refractivity contribution in [2.24, 2.45) is 5.41 Å². The molecule has 3 aliphatic heterocycles. The van der Waals surface area contributed by atoms with Crippen LogP contribution in [0.25, 0.3) is 23.3 Å². The van der Waals surface area contributed by atoms with Crippen molar-refractivity contribution in [2.45, 2.75) is 38.6 Å². The number of fused-ring (bicyclic) bond motifs is 3. The lowest BCUT2D eigenvalue weighted by Gasteiger charge is -2.51. The molecule has 0 spiro atoms. The Labute approximate surface area is 234 Å². The molecule has 0 aromatic heterocycles. The van der Waals surface area contributed by atoms with Crippen molar-refractivity contribution in [2.75, 3.05) is 19.8 Å². The molecule has 0 radical (unpaired) electrons. The molecule has 3 nitrogen and oxygen atoms in total. The molecule has 2 bridgehead atoms. The van der Waals surface area contributed by atoms with Gasteiger partial charge in [0.05, 0.1) is 19.8 Å². The van der Waals surface area contributed by atoms with Gasteiger partial charge in [0.25, 0.3) is 6.43 Å². The molecule has 0 N–H and O–H groups in total. The van der Waals surface area contributed by atoms with Gasteiger partial charge in [-0.25, -0.2) is 26.3 Å². The largest absolute Gasteiger partial charge is 0.323 e. The molecule has 0 amide bonds. The zero-order chi connectivity index (χ0) is 29.2. The molecule has 0 atom stereocenters. The van der Waals surface area contributed by atoms with E-state index in [0.717, 1.165) is 31.1 Å². The maximum Gasteiger partial charge on any atom is 0.312 e. The smallest absolute Gasteiger partial charge is 0.312 e. The fourth-order valence-electron chi connectivity index (χ4n) is 5.15. The molecular formula is C32H28F6O3. The van der Waals surface area contributed by atoms with Crippen LogP contribution in [0.3, 0.4) is 0 Å². The molecule has 3 fully saturated rings. The topological polar surface area (TPSA) is 27.7 Å².